The number of carbonyl (C=O) groups is 1. The van der Waals surface area contributed by atoms with Crippen LogP contribution in [0.2, 0.25) is 0 Å². The van der Waals surface area contributed by atoms with E-state index in [-0.39, 0.29) is 5.56 Å². The molecular formula is C27H28N2O5S. The predicted molar refractivity (Wildman–Crippen MR) is 136 cm³/mol. The van der Waals surface area contributed by atoms with Crippen molar-refractivity contribution >= 4 is 23.4 Å². The zero-order valence-corrected chi connectivity index (χ0v) is 21.1. The van der Waals surface area contributed by atoms with E-state index in [1.54, 1.807) is 30.7 Å². The summed E-state index contributed by atoms with van der Waals surface area (Å²) < 4.78 is 18.1. The van der Waals surface area contributed by atoms with Gasteiger partial charge in [0.25, 0.3) is 5.56 Å². The summed E-state index contributed by atoms with van der Waals surface area (Å²) in [4.78, 5) is 31.4. The number of thiazole rings is 1. The van der Waals surface area contributed by atoms with Crippen molar-refractivity contribution in [2.45, 2.75) is 32.7 Å². The van der Waals surface area contributed by atoms with Crippen molar-refractivity contribution in [1.82, 2.24) is 4.57 Å². The normalized spacial score (nSPS) is 15.4. The first-order valence-electron chi connectivity index (χ1n) is 11.4. The van der Waals surface area contributed by atoms with E-state index in [4.69, 9.17) is 14.2 Å². The third-order valence-corrected chi connectivity index (χ3v) is 6.79. The molecule has 1 atom stereocenters. The van der Waals surface area contributed by atoms with Crippen LogP contribution in [0.15, 0.2) is 69.6 Å². The predicted octanol–water partition coefficient (Wildman–Crippen LogP) is 3.60. The van der Waals surface area contributed by atoms with Crippen molar-refractivity contribution in [3.05, 3.63) is 90.6 Å². The number of fused-ring (bicyclic) bond motifs is 1. The number of unbranched alkanes of at least 4 members (excludes halogenated alkanes) is 1. The van der Waals surface area contributed by atoms with E-state index in [1.807, 2.05) is 42.5 Å². The summed E-state index contributed by atoms with van der Waals surface area (Å²) in [6.45, 7) is 4.57. The number of methoxy groups -OCH3 is 2. The smallest absolute Gasteiger partial charge is 0.338 e. The zero-order valence-electron chi connectivity index (χ0n) is 20.2. The van der Waals surface area contributed by atoms with Crippen molar-refractivity contribution in [2.24, 2.45) is 4.99 Å². The van der Waals surface area contributed by atoms with E-state index in [0.29, 0.717) is 33.0 Å². The first-order chi connectivity index (χ1) is 17.0. The highest BCUT2D eigenvalue weighted by molar-refractivity contribution is 7.07. The number of rotatable bonds is 8. The summed E-state index contributed by atoms with van der Waals surface area (Å²) >= 11 is 1.30. The van der Waals surface area contributed by atoms with Crippen LogP contribution in [-0.2, 0) is 9.53 Å². The van der Waals surface area contributed by atoms with Crippen LogP contribution in [0.3, 0.4) is 0 Å². The van der Waals surface area contributed by atoms with Crippen molar-refractivity contribution in [3.63, 3.8) is 0 Å². The van der Waals surface area contributed by atoms with Crippen LogP contribution in [0.5, 0.6) is 11.5 Å². The van der Waals surface area contributed by atoms with Gasteiger partial charge in [0.15, 0.2) is 4.80 Å². The topological polar surface area (TPSA) is 79.1 Å². The van der Waals surface area contributed by atoms with Crippen LogP contribution in [-0.4, -0.2) is 31.4 Å². The van der Waals surface area contributed by atoms with Crippen molar-refractivity contribution in [3.8, 4) is 11.5 Å². The molecule has 182 valence electrons. The first kappa shape index (κ1) is 24.5. The lowest BCUT2D eigenvalue weighted by atomic mass is 9.96. The maximum Gasteiger partial charge on any atom is 0.338 e. The average molecular weight is 493 g/mol. The minimum absolute atomic E-state index is 0.216. The molecule has 7 nitrogen and oxygen atoms in total. The molecule has 0 aliphatic carbocycles. The van der Waals surface area contributed by atoms with Gasteiger partial charge in [-0.15, -0.1) is 0 Å². The second-order valence-corrected chi connectivity index (χ2v) is 9.13. The lowest BCUT2D eigenvalue weighted by Crippen LogP contribution is -2.39. The summed E-state index contributed by atoms with van der Waals surface area (Å²) in [6.07, 6.45) is 3.92. The van der Waals surface area contributed by atoms with Gasteiger partial charge in [-0.25, -0.2) is 9.79 Å². The fourth-order valence-corrected chi connectivity index (χ4v) is 4.99. The van der Waals surface area contributed by atoms with E-state index in [1.165, 1.54) is 18.4 Å². The molecule has 0 saturated carbocycles. The quantitative estimate of drug-likeness (QED) is 0.355. The highest BCUT2D eigenvalue weighted by atomic mass is 32.1. The Morgan fingerprint density at radius 1 is 1.09 bits per heavy atom. The molecule has 0 radical (unpaired) electrons. The van der Waals surface area contributed by atoms with Crippen molar-refractivity contribution in [2.75, 3.05) is 20.8 Å². The van der Waals surface area contributed by atoms with Gasteiger partial charge in [-0.1, -0.05) is 48.9 Å². The highest BCUT2D eigenvalue weighted by Gasteiger charge is 2.33. The molecule has 0 spiro atoms. The molecule has 8 heteroatoms. The molecule has 1 aromatic heterocycles. The maximum absolute atomic E-state index is 13.6. The largest absolute Gasteiger partial charge is 0.497 e. The lowest BCUT2D eigenvalue weighted by molar-refractivity contribution is -0.136. The second-order valence-electron chi connectivity index (χ2n) is 8.12. The first-order valence-corrected chi connectivity index (χ1v) is 12.3. The van der Waals surface area contributed by atoms with E-state index < -0.39 is 12.0 Å². The van der Waals surface area contributed by atoms with E-state index in [9.17, 15) is 9.59 Å². The van der Waals surface area contributed by atoms with Gasteiger partial charge >= 0.3 is 5.97 Å². The third kappa shape index (κ3) is 5.07. The van der Waals surface area contributed by atoms with Crippen LogP contribution < -0.4 is 24.4 Å². The van der Waals surface area contributed by atoms with Crippen LogP contribution in [0.4, 0.5) is 0 Å². The Bertz CT molecular complexity index is 1420. The Labute approximate surface area is 207 Å². The second kappa shape index (κ2) is 10.7. The number of benzene rings is 2. The Kier molecular flexibility index (Phi) is 7.51. The number of hydrogen-bond acceptors (Lipinski definition) is 7. The maximum atomic E-state index is 13.6. The van der Waals surface area contributed by atoms with E-state index in [0.717, 1.165) is 29.7 Å². The minimum Gasteiger partial charge on any atom is -0.497 e. The monoisotopic (exact) mass is 492 g/mol. The molecule has 2 aromatic carbocycles. The number of allylic oxidation sites excluding steroid dienone is 1. The summed E-state index contributed by atoms with van der Waals surface area (Å²) in [5, 5.41) is 0. The van der Waals surface area contributed by atoms with Gasteiger partial charge in [0.05, 0.1) is 42.7 Å². The highest BCUT2D eigenvalue weighted by Crippen LogP contribution is 2.31. The molecule has 3 aromatic rings. The Hall–Kier alpha value is -3.65. The molecule has 35 heavy (non-hydrogen) atoms. The number of carbonyl (C=O) groups excluding carboxylic acids is 1. The number of ether oxygens (including phenoxy) is 3. The molecule has 1 aliphatic rings. The van der Waals surface area contributed by atoms with E-state index >= 15 is 0 Å². The number of hydrogen-bond donors (Lipinski definition) is 0. The van der Waals surface area contributed by atoms with Crippen LogP contribution in [0.25, 0.3) is 6.08 Å². The van der Waals surface area contributed by atoms with Gasteiger partial charge in [-0.3, -0.25) is 9.36 Å². The summed E-state index contributed by atoms with van der Waals surface area (Å²) in [6, 6.07) is 14.3. The van der Waals surface area contributed by atoms with Gasteiger partial charge in [0.2, 0.25) is 0 Å². The molecule has 4 rings (SSSR count). The Morgan fingerprint density at radius 2 is 1.77 bits per heavy atom. The van der Waals surface area contributed by atoms with Crippen LogP contribution in [0.1, 0.15) is 43.9 Å². The Balaban J connectivity index is 1.79. The van der Waals surface area contributed by atoms with Gasteiger partial charge in [-0.05, 0) is 54.8 Å². The zero-order chi connectivity index (χ0) is 24.9. The fraction of sp³-hybridized carbons (Fsp3) is 0.296. The fourth-order valence-electron chi connectivity index (χ4n) is 3.94. The van der Waals surface area contributed by atoms with Crippen molar-refractivity contribution < 1.29 is 19.0 Å². The third-order valence-electron chi connectivity index (χ3n) is 5.80. The average Bonchev–Trinajstić information content (AvgIpc) is 3.18. The summed E-state index contributed by atoms with van der Waals surface area (Å²) in [5.41, 5.74) is 2.29. The van der Waals surface area contributed by atoms with E-state index in [2.05, 4.69) is 11.9 Å². The SMILES string of the molecule is CCCCOc1ccc(/C=c2\sc3n(c2=O)C(c2ccc(OC)cc2)C(C(=O)OC)=C(C)N=3)cc1. The molecular weight excluding hydrogens is 464 g/mol. The summed E-state index contributed by atoms with van der Waals surface area (Å²) in [5.74, 6) is 0.971. The number of aromatic nitrogens is 1. The molecule has 1 unspecified atom stereocenters. The molecule has 0 amide bonds. The molecule has 1 aliphatic heterocycles. The summed E-state index contributed by atoms with van der Waals surface area (Å²) in [7, 11) is 2.92. The number of nitrogens with zero attached hydrogens (tertiary/aromatic N) is 2. The standard InChI is InChI=1S/C27H28N2O5S/c1-5-6-15-34-21-11-7-18(8-12-21)16-22-25(30)29-24(19-9-13-20(32-3)14-10-19)23(26(31)33-4)17(2)28-27(29)35-22/h7-14,16,24H,5-6,15H2,1-4H3/b22-16-. The van der Waals surface area contributed by atoms with Gasteiger partial charge < -0.3 is 14.2 Å². The van der Waals surface area contributed by atoms with Gasteiger partial charge in [0, 0.05) is 0 Å². The van der Waals surface area contributed by atoms with Gasteiger partial charge in [-0.2, -0.15) is 0 Å². The van der Waals surface area contributed by atoms with Gasteiger partial charge in [0.1, 0.15) is 11.5 Å². The van der Waals surface area contributed by atoms with Crippen LogP contribution in [0, 0.1) is 0 Å². The Morgan fingerprint density at radius 3 is 2.40 bits per heavy atom. The van der Waals surface area contributed by atoms with Crippen molar-refractivity contribution in [1.29, 1.82) is 0 Å². The lowest BCUT2D eigenvalue weighted by Gasteiger charge is -2.24. The molecule has 0 fully saturated rings. The van der Waals surface area contributed by atoms with Crippen LogP contribution >= 0.6 is 11.3 Å². The molecule has 0 N–H and O–H groups in total. The molecule has 0 bridgehead atoms. The minimum atomic E-state index is -0.652. The number of esters is 1. The molecule has 0 saturated heterocycles. The molecule has 2 heterocycles.